The van der Waals surface area contributed by atoms with Gasteiger partial charge in [-0.2, -0.15) is 9.61 Å². The molecule has 0 radical (unpaired) electrons. The van der Waals surface area contributed by atoms with Gasteiger partial charge in [0.1, 0.15) is 5.65 Å². The van der Waals surface area contributed by atoms with Crippen LogP contribution in [-0.2, 0) is 6.54 Å². The Morgan fingerprint density at radius 2 is 2.00 bits per heavy atom. The number of para-hydroxylation sites is 1. The first-order chi connectivity index (χ1) is 13.7. The van der Waals surface area contributed by atoms with E-state index in [0.717, 1.165) is 12.8 Å². The van der Waals surface area contributed by atoms with E-state index in [1.165, 1.54) is 4.52 Å². The molecule has 0 atom stereocenters. The van der Waals surface area contributed by atoms with E-state index in [0.29, 0.717) is 29.1 Å². The van der Waals surface area contributed by atoms with E-state index in [-0.39, 0.29) is 22.9 Å². The number of aromatic hydroxyl groups is 1. The van der Waals surface area contributed by atoms with Gasteiger partial charge < -0.3 is 16.2 Å². The van der Waals surface area contributed by atoms with Crippen molar-refractivity contribution in [1.82, 2.24) is 19.5 Å². The van der Waals surface area contributed by atoms with Gasteiger partial charge in [0.15, 0.2) is 5.56 Å². The molecular formula is C21H25N5O3. The van der Waals surface area contributed by atoms with Gasteiger partial charge in [0.25, 0.3) is 11.5 Å². The largest absolute Gasteiger partial charge is 0.494 e. The summed E-state index contributed by atoms with van der Waals surface area (Å²) < 4.78 is 2.74. The summed E-state index contributed by atoms with van der Waals surface area (Å²) in [4.78, 5) is 25.8. The minimum atomic E-state index is -0.651. The van der Waals surface area contributed by atoms with Crippen molar-refractivity contribution in [2.75, 3.05) is 5.73 Å². The molecule has 0 aliphatic heterocycles. The van der Waals surface area contributed by atoms with Crippen molar-refractivity contribution in [3.05, 3.63) is 46.2 Å². The highest BCUT2D eigenvalue weighted by molar-refractivity contribution is 5.96. The number of carbonyl (C=O) groups excluding carboxylic acids is 1. The Morgan fingerprint density at radius 3 is 2.62 bits per heavy atom. The molecule has 1 saturated carbocycles. The molecule has 4 rings (SSSR count). The molecule has 3 aromatic rings. The van der Waals surface area contributed by atoms with Crippen LogP contribution in [0.15, 0.2) is 35.1 Å². The number of nitrogens with one attached hydrogen (secondary N) is 1. The van der Waals surface area contributed by atoms with Crippen molar-refractivity contribution in [1.29, 1.82) is 0 Å². The monoisotopic (exact) mass is 395 g/mol. The molecule has 29 heavy (non-hydrogen) atoms. The normalized spacial score (nSPS) is 14.3. The zero-order chi connectivity index (χ0) is 20.9. The van der Waals surface area contributed by atoms with Crippen molar-refractivity contribution in [2.45, 2.75) is 46.2 Å². The van der Waals surface area contributed by atoms with Crippen molar-refractivity contribution in [3.63, 3.8) is 0 Å². The fourth-order valence-corrected chi connectivity index (χ4v) is 3.33. The van der Waals surface area contributed by atoms with Crippen LogP contribution in [0.3, 0.4) is 0 Å². The van der Waals surface area contributed by atoms with Gasteiger partial charge in [-0.15, -0.1) is 0 Å². The van der Waals surface area contributed by atoms with E-state index in [2.05, 4.69) is 10.4 Å². The molecule has 8 heteroatoms. The Bertz CT molecular complexity index is 1170. The topological polar surface area (TPSA) is 115 Å². The smallest absolute Gasteiger partial charge is 0.291 e. The van der Waals surface area contributed by atoms with E-state index in [9.17, 15) is 14.7 Å². The van der Waals surface area contributed by atoms with E-state index in [1.807, 2.05) is 39.0 Å². The Kier molecular flexibility index (Phi) is 4.37. The Morgan fingerprint density at radius 1 is 1.31 bits per heavy atom. The van der Waals surface area contributed by atoms with Crippen LogP contribution in [0.25, 0.3) is 16.9 Å². The first-order valence-corrected chi connectivity index (χ1v) is 9.67. The first kappa shape index (κ1) is 19.0. The van der Waals surface area contributed by atoms with Crippen molar-refractivity contribution in [2.24, 2.45) is 5.41 Å². The van der Waals surface area contributed by atoms with Crippen LogP contribution >= 0.6 is 0 Å². The molecule has 2 heterocycles. The fraction of sp³-hybridized carbons (Fsp3) is 0.381. The fourth-order valence-electron chi connectivity index (χ4n) is 3.33. The zero-order valence-electron chi connectivity index (χ0n) is 16.8. The Labute approximate surface area is 168 Å². The lowest BCUT2D eigenvalue weighted by atomic mass is 9.96. The average Bonchev–Trinajstić information content (AvgIpc) is 3.33. The predicted octanol–water partition coefficient (Wildman–Crippen LogP) is 2.39. The number of benzene rings is 1. The minimum absolute atomic E-state index is 0.0605. The highest BCUT2D eigenvalue weighted by Crippen LogP contribution is 2.29. The number of hydrogen-bond acceptors (Lipinski definition) is 5. The highest BCUT2D eigenvalue weighted by atomic mass is 16.3. The summed E-state index contributed by atoms with van der Waals surface area (Å²) in [6.07, 6.45) is 1.76. The van der Waals surface area contributed by atoms with Crippen LogP contribution in [0, 0.1) is 5.41 Å². The van der Waals surface area contributed by atoms with Gasteiger partial charge in [-0.1, -0.05) is 39.0 Å². The third kappa shape index (κ3) is 3.57. The number of nitrogens with zero attached hydrogens (tertiary/aromatic N) is 3. The van der Waals surface area contributed by atoms with Gasteiger partial charge in [-0.25, -0.2) is 0 Å². The van der Waals surface area contributed by atoms with Crippen LogP contribution in [0.4, 0.5) is 5.69 Å². The molecule has 1 amide bonds. The van der Waals surface area contributed by atoms with E-state index >= 15 is 0 Å². The minimum Gasteiger partial charge on any atom is -0.494 e. The molecule has 8 nitrogen and oxygen atoms in total. The van der Waals surface area contributed by atoms with Crippen LogP contribution < -0.4 is 16.6 Å². The van der Waals surface area contributed by atoms with Crippen molar-refractivity contribution in [3.8, 4) is 17.1 Å². The maximum absolute atomic E-state index is 13.1. The van der Waals surface area contributed by atoms with Crippen molar-refractivity contribution < 1.29 is 9.90 Å². The molecule has 2 aromatic heterocycles. The van der Waals surface area contributed by atoms with Crippen LogP contribution in [0.5, 0.6) is 5.88 Å². The second-order valence-electron chi connectivity index (χ2n) is 8.79. The standard InChI is InChI=1S/C21H25N5O3/c1-21(2,3)11-25-16-10-15(13-6-4-5-7-14(13)22)24-26(16)20(29)17(19(25)28)18(27)23-12-8-9-12/h4-7,10,12,28H,8-9,11,22H2,1-3H3,(H,23,27). The molecule has 1 aliphatic rings. The molecule has 152 valence electrons. The molecule has 1 aromatic carbocycles. The summed E-state index contributed by atoms with van der Waals surface area (Å²) in [5.41, 5.74) is 7.04. The number of nitrogen functional groups attached to an aromatic ring is 1. The molecule has 0 unspecified atom stereocenters. The molecular weight excluding hydrogens is 370 g/mol. The lowest BCUT2D eigenvalue weighted by Crippen LogP contribution is -2.35. The van der Waals surface area contributed by atoms with E-state index < -0.39 is 11.5 Å². The number of carbonyl (C=O) groups is 1. The number of fused-ring (bicyclic) bond motifs is 1. The van der Waals surface area contributed by atoms with Crippen LogP contribution in [0.1, 0.15) is 44.0 Å². The first-order valence-electron chi connectivity index (χ1n) is 9.67. The van der Waals surface area contributed by atoms with Gasteiger partial charge in [0.2, 0.25) is 5.88 Å². The van der Waals surface area contributed by atoms with Crippen LogP contribution in [-0.4, -0.2) is 31.2 Å². The molecule has 0 bridgehead atoms. The van der Waals surface area contributed by atoms with Gasteiger partial charge >= 0.3 is 0 Å². The molecule has 4 N–H and O–H groups in total. The van der Waals surface area contributed by atoms with E-state index in [1.54, 1.807) is 16.7 Å². The van der Waals surface area contributed by atoms with Gasteiger partial charge in [0.05, 0.1) is 5.69 Å². The maximum atomic E-state index is 13.1. The number of rotatable bonds is 4. The zero-order valence-corrected chi connectivity index (χ0v) is 16.8. The third-order valence-corrected chi connectivity index (χ3v) is 4.86. The number of anilines is 1. The number of aromatic nitrogens is 3. The summed E-state index contributed by atoms with van der Waals surface area (Å²) in [5.74, 6) is -0.918. The van der Waals surface area contributed by atoms with Crippen LogP contribution in [0.2, 0.25) is 0 Å². The summed E-state index contributed by atoms with van der Waals surface area (Å²) in [5, 5.41) is 18.1. The van der Waals surface area contributed by atoms with Gasteiger partial charge in [-0.3, -0.25) is 14.2 Å². The van der Waals surface area contributed by atoms with Gasteiger partial charge in [0, 0.05) is 29.9 Å². The Balaban J connectivity index is 1.96. The maximum Gasteiger partial charge on any atom is 0.291 e. The quantitative estimate of drug-likeness (QED) is 0.587. The molecule has 0 saturated heterocycles. The van der Waals surface area contributed by atoms with Crippen molar-refractivity contribution >= 4 is 17.2 Å². The lowest BCUT2D eigenvalue weighted by Gasteiger charge is -2.23. The second-order valence-corrected chi connectivity index (χ2v) is 8.79. The summed E-state index contributed by atoms with van der Waals surface area (Å²) in [6, 6.07) is 9.00. The number of nitrogens with two attached hydrogens (primary N) is 1. The third-order valence-electron chi connectivity index (χ3n) is 4.86. The van der Waals surface area contributed by atoms with Gasteiger partial charge in [-0.05, 0) is 24.3 Å². The predicted molar refractivity (Wildman–Crippen MR) is 111 cm³/mol. The summed E-state index contributed by atoms with van der Waals surface area (Å²) >= 11 is 0. The lowest BCUT2D eigenvalue weighted by molar-refractivity contribution is 0.0944. The highest BCUT2D eigenvalue weighted by Gasteiger charge is 2.30. The average molecular weight is 395 g/mol. The number of hydrogen-bond donors (Lipinski definition) is 3. The molecule has 1 fully saturated rings. The second kappa shape index (κ2) is 6.65. The summed E-state index contributed by atoms with van der Waals surface area (Å²) in [6.45, 7) is 6.42. The molecule has 0 spiro atoms. The van der Waals surface area contributed by atoms with E-state index in [4.69, 9.17) is 5.73 Å². The summed E-state index contributed by atoms with van der Waals surface area (Å²) in [7, 11) is 0. The number of amides is 1. The Hall–Kier alpha value is -3.29. The molecule has 1 aliphatic carbocycles. The SMILES string of the molecule is CC(C)(C)Cn1c(O)c(C(=O)NC2CC2)c(=O)n2nc(-c3ccccc3N)cc12.